The van der Waals surface area contributed by atoms with E-state index >= 15 is 0 Å². The zero-order valence-electron chi connectivity index (χ0n) is 8.97. The molecule has 0 radical (unpaired) electrons. The maximum absolute atomic E-state index is 9.51. The van der Waals surface area contributed by atoms with Gasteiger partial charge in [-0.3, -0.25) is 0 Å². The highest BCUT2D eigenvalue weighted by molar-refractivity contribution is 5.13. The first-order valence-electron chi connectivity index (χ1n) is 5.14. The van der Waals surface area contributed by atoms with Gasteiger partial charge >= 0.3 is 0 Å². The van der Waals surface area contributed by atoms with Crippen LogP contribution in [0.1, 0.15) is 12.5 Å². The summed E-state index contributed by atoms with van der Waals surface area (Å²) in [6, 6.07) is 9.80. The van der Waals surface area contributed by atoms with Gasteiger partial charge in [0.1, 0.15) is 0 Å². The maximum atomic E-state index is 9.51. The minimum absolute atomic E-state index is 0.0180. The van der Waals surface area contributed by atoms with E-state index in [4.69, 9.17) is 9.84 Å². The van der Waals surface area contributed by atoms with E-state index in [2.05, 4.69) is 0 Å². The third kappa shape index (κ3) is 4.42. The fraction of sp³-hybridized carbons (Fsp3) is 0.500. The molecule has 0 saturated heterocycles. The lowest BCUT2D eigenvalue weighted by Gasteiger charge is -2.16. The third-order valence-electron chi connectivity index (χ3n) is 2.34. The number of aliphatic hydroxyl groups excluding tert-OH is 2. The molecule has 2 N–H and O–H groups in total. The Morgan fingerprint density at radius 3 is 2.53 bits per heavy atom. The average molecular weight is 210 g/mol. The molecule has 0 unspecified atom stereocenters. The third-order valence-corrected chi connectivity index (χ3v) is 2.34. The van der Waals surface area contributed by atoms with Gasteiger partial charge in [0, 0.05) is 12.5 Å². The highest BCUT2D eigenvalue weighted by atomic mass is 16.5. The van der Waals surface area contributed by atoms with Gasteiger partial charge in [-0.25, -0.2) is 0 Å². The molecule has 0 heterocycles. The van der Waals surface area contributed by atoms with Gasteiger partial charge < -0.3 is 14.9 Å². The summed E-state index contributed by atoms with van der Waals surface area (Å²) in [7, 11) is 0. The second kappa shape index (κ2) is 6.56. The van der Waals surface area contributed by atoms with Crippen molar-refractivity contribution in [1.29, 1.82) is 0 Å². The van der Waals surface area contributed by atoms with Gasteiger partial charge in [0.2, 0.25) is 0 Å². The molecular formula is C12H18O3. The van der Waals surface area contributed by atoms with Crippen LogP contribution in [-0.2, 0) is 11.3 Å². The quantitative estimate of drug-likeness (QED) is 0.741. The van der Waals surface area contributed by atoms with Crippen molar-refractivity contribution in [2.24, 2.45) is 5.92 Å². The van der Waals surface area contributed by atoms with Crippen molar-refractivity contribution in [3.8, 4) is 0 Å². The van der Waals surface area contributed by atoms with Crippen molar-refractivity contribution in [3.05, 3.63) is 35.9 Å². The zero-order valence-corrected chi connectivity index (χ0v) is 8.97. The summed E-state index contributed by atoms with van der Waals surface area (Å²) in [5.41, 5.74) is 1.08. The molecule has 0 aliphatic rings. The number of hydrogen-bond donors (Lipinski definition) is 2. The van der Waals surface area contributed by atoms with Gasteiger partial charge in [-0.05, 0) is 5.56 Å². The van der Waals surface area contributed by atoms with Crippen molar-refractivity contribution in [3.63, 3.8) is 0 Å². The molecule has 0 saturated carbocycles. The number of hydrogen-bond acceptors (Lipinski definition) is 3. The van der Waals surface area contributed by atoms with E-state index in [-0.39, 0.29) is 19.1 Å². The van der Waals surface area contributed by atoms with Gasteiger partial charge in [0.15, 0.2) is 0 Å². The number of benzene rings is 1. The molecule has 0 fully saturated rings. The molecular weight excluding hydrogens is 192 g/mol. The van der Waals surface area contributed by atoms with Gasteiger partial charge in [-0.2, -0.15) is 0 Å². The first kappa shape index (κ1) is 12.2. The topological polar surface area (TPSA) is 49.7 Å². The zero-order chi connectivity index (χ0) is 11.1. The minimum Gasteiger partial charge on any atom is -0.396 e. The molecule has 3 nitrogen and oxygen atoms in total. The Hall–Kier alpha value is -0.900. The Kier molecular flexibility index (Phi) is 5.32. The van der Waals surface area contributed by atoms with E-state index in [1.807, 2.05) is 30.3 Å². The Morgan fingerprint density at radius 2 is 1.93 bits per heavy atom. The molecule has 1 aromatic carbocycles. The smallest absolute Gasteiger partial charge is 0.0821 e. The normalized spacial score (nSPS) is 14.9. The van der Waals surface area contributed by atoms with Crippen LogP contribution in [0.2, 0.25) is 0 Å². The lowest BCUT2D eigenvalue weighted by atomic mass is 10.1. The van der Waals surface area contributed by atoms with Crippen molar-refractivity contribution in [1.82, 2.24) is 0 Å². The fourth-order valence-electron chi connectivity index (χ4n) is 1.16. The first-order chi connectivity index (χ1) is 7.24. The Labute approximate surface area is 90.3 Å². The summed E-state index contributed by atoms with van der Waals surface area (Å²) in [5.74, 6) is -0.138. The largest absolute Gasteiger partial charge is 0.396 e. The van der Waals surface area contributed by atoms with E-state index in [0.29, 0.717) is 6.61 Å². The Bertz CT molecular complexity index is 261. The number of rotatable bonds is 6. The summed E-state index contributed by atoms with van der Waals surface area (Å²) >= 11 is 0. The van der Waals surface area contributed by atoms with Crippen LogP contribution in [0.4, 0.5) is 0 Å². The van der Waals surface area contributed by atoms with Crippen molar-refractivity contribution in [2.75, 3.05) is 13.2 Å². The predicted octanol–water partition coefficient (Wildman–Crippen LogP) is 1.19. The highest BCUT2D eigenvalue weighted by Gasteiger charge is 2.12. The summed E-state index contributed by atoms with van der Waals surface area (Å²) < 4.78 is 5.34. The van der Waals surface area contributed by atoms with Crippen molar-refractivity contribution in [2.45, 2.75) is 19.6 Å². The summed E-state index contributed by atoms with van der Waals surface area (Å²) in [6.45, 7) is 2.53. The molecule has 15 heavy (non-hydrogen) atoms. The number of aliphatic hydroxyl groups is 2. The molecule has 1 aromatic rings. The van der Waals surface area contributed by atoms with Gasteiger partial charge in [0.25, 0.3) is 0 Å². The van der Waals surface area contributed by atoms with E-state index in [9.17, 15) is 5.11 Å². The second-order valence-electron chi connectivity index (χ2n) is 3.73. The SMILES string of the molecule is C[C@H](CO)[C@H](O)COCc1ccccc1. The van der Waals surface area contributed by atoms with Gasteiger partial charge in [0.05, 0.1) is 19.3 Å². The van der Waals surface area contributed by atoms with Crippen molar-refractivity contribution < 1.29 is 14.9 Å². The van der Waals surface area contributed by atoms with E-state index < -0.39 is 6.10 Å². The molecule has 0 spiro atoms. The summed E-state index contributed by atoms with van der Waals surface area (Å²) in [5, 5.41) is 18.3. The molecule has 0 aromatic heterocycles. The van der Waals surface area contributed by atoms with Crippen LogP contribution in [0.25, 0.3) is 0 Å². The van der Waals surface area contributed by atoms with Crippen LogP contribution >= 0.6 is 0 Å². The second-order valence-corrected chi connectivity index (χ2v) is 3.73. The molecule has 0 amide bonds. The molecule has 3 heteroatoms. The fourth-order valence-corrected chi connectivity index (χ4v) is 1.16. The van der Waals surface area contributed by atoms with E-state index in [1.165, 1.54) is 0 Å². The van der Waals surface area contributed by atoms with Crippen LogP contribution in [0.5, 0.6) is 0 Å². The molecule has 1 rings (SSSR count). The first-order valence-corrected chi connectivity index (χ1v) is 5.14. The highest BCUT2D eigenvalue weighted by Crippen LogP contribution is 2.05. The Balaban J connectivity index is 2.22. The summed E-state index contributed by atoms with van der Waals surface area (Å²) in [6.07, 6.45) is -0.598. The van der Waals surface area contributed by atoms with E-state index in [0.717, 1.165) is 5.56 Å². The van der Waals surface area contributed by atoms with Crippen LogP contribution in [0, 0.1) is 5.92 Å². The maximum Gasteiger partial charge on any atom is 0.0821 e. The molecule has 0 bridgehead atoms. The van der Waals surface area contributed by atoms with Crippen LogP contribution in [-0.4, -0.2) is 29.5 Å². The standard InChI is InChI=1S/C12H18O3/c1-10(7-13)12(14)9-15-8-11-5-3-2-4-6-11/h2-6,10,12-14H,7-9H2,1H3/t10-,12-/m1/s1. The predicted molar refractivity (Wildman–Crippen MR) is 58.4 cm³/mol. The van der Waals surface area contributed by atoms with Crippen molar-refractivity contribution >= 4 is 0 Å². The molecule has 2 atom stereocenters. The number of ether oxygens (including phenoxy) is 1. The summed E-state index contributed by atoms with van der Waals surface area (Å²) in [4.78, 5) is 0. The molecule has 0 aliphatic carbocycles. The van der Waals surface area contributed by atoms with Crippen LogP contribution in [0.15, 0.2) is 30.3 Å². The minimum atomic E-state index is -0.598. The lowest BCUT2D eigenvalue weighted by Crippen LogP contribution is -2.26. The lowest BCUT2D eigenvalue weighted by molar-refractivity contribution is -0.0109. The molecule has 84 valence electrons. The average Bonchev–Trinajstić information content (AvgIpc) is 2.29. The van der Waals surface area contributed by atoms with Gasteiger partial charge in [-0.15, -0.1) is 0 Å². The monoisotopic (exact) mass is 210 g/mol. The molecule has 0 aliphatic heterocycles. The van der Waals surface area contributed by atoms with Crippen LogP contribution in [0.3, 0.4) is 0 Å². The Morgan fingerprint density at radius 1 is 1.27 bits per heavy atom. The van der Waals surface area contributed by atoms with Gasteiger partial charge in [-0.1, -0.05) is 37.3 Å². The van der Waals surface area contributed by atoms with Crippen LogP contribution < -0.4 is 0 Å². The van der Waals surface area contributed by atoms with E-state index in [1.54, 1.807) is 6.92 Å².